The Bertz CT molecular complexity index is 1860. The molecule has 1 saturated carbocycles. The van der Waals surface area contributed by atoms with E-state index in [9.17, 15) is 0 Å². The van der Waals surface area contributed by atoms with Crippen LogP contribution in [0.1, 0.15) is 25.7 Å². The number of nitrogens with two attached hydrogens (primary N) is 1. The Kier molecular flexibility index (Phi) is 6.93. The second-order valence-corrected chi connectivity index (χ2v) is 11.8. The Balaban J connectivity index is 1.69. The maximum Gasteiger partial charge on any atom is 0.119 e. The van der Waals surface area contributed by atoms with E-state index in [1.165, 1.54) is 0 Å². The molecule has 6 nitrogen and oxygen atoms in total. The quantitative estimate of drug-likeness (QED) is 0.200. The molecule has 0 aliphatic heterocycles. The van der Waals surface area contributed by atoms with Crippen LogP contribution in [0.5, 0.6) is 11.5 Å². The Labute approximate surface area is 254 Å². The number of aromatic nitrogens is 2. The highest BCUT2D eigenvalue weighted by Crippen LogP contribution is 2.48. The van der Waals surface area contributed by atoms with Crippen molar-refractivity contribution in [2.45, 2.75) is 37.8 Å². The van der Waals surface area contributed by atoms with Crippen molar-refractivity contribution in [3.05, 3.63) is 82.8 Å². The molecule has 1 fully saturated rings. The molecule has 0 bridgehead atoms. The van der Waals surface area contributed by atoms with Crippen LogP contribution in [0.4, 0.5) is 11.4 Å². The molecule has 2 aromatic heterocycles. The topological polar surface area (TPSA) is 73.5 Å². The number of fused-ring (bicyclic) bond motifs is 4. The smallest absolute Gasteiger partial charge is 0.119 e. The van der Waals surface area contributed by atoms with Gasteiger partial charge in [0.05, 0.1) is 47.7 Å². The molecule has 6 aromatic rings. The fourth-order valence-corrected chi connectivity index (χ4v) is 6.76. The fourth-order valence-electron chi connectivity index (χ4n) is 6.43. The highest BCUT2D eigenvalue weighted by molar-refractivity contribution is 6.32. The highest BCUT2D eigenvalue weighted by Gasteiger charge is 2.34. The summed E-state index contributed by atoms with van der Waals surface area (Å²) in [5, 5.41) is 5.16. The van der Waals surface area contributed by atoms with Gasteiger partial charge in [-0.2, -0.15) is 0 Å². The first-order chi connectivity index (χ1) is 20.4. The predicted molar refractivity (Wildman–Crippen MR) is 174 cm³/mol. The average molecular weight is 598 g/mol. The van der Waals surface area contributed by atoms with Gasteiger partial charge >= 0.3 is 0 Å². The molecular weight excluding hydrogens is 567 g/mol. The Morgan fingerprint density at radius 1 is 0.643 bits per heavy atom. The number of halogens is 2. The number of pyridine rings is 2. The molecule has 2 unspecified atom stereocenters. The van der Waals surface area contributed by atoms with Crippen molar-refractivity contribution in [3.63, 3.8) is 0 Å². The summed E-state index contributed by atoms with van der Waals surface area (Å²) in [6.45, 7) is 0. The number of ether oxygens (including phenoxy) is 2. The van der Waals surface area contributed by atoms with Gasteiger partial charge in [-0.25, -0.2) is 9.97 Å². The van der Waals surface area contributed by atoms with E-state index in [2.05, 4.69) is 29.2 Å². The molecule has 2 atom stereocenters. The summed E-state index contributed by atoms with van der Waals surface area (Å²) in [7, 11) is 3.37. The zero-order chi connectivity index (χ0) is 29.0. The van der Waals surface area contributed by atoms with E-state index < -0.39 is 0 Å². The van der Waals surface area contributed by atoms with Crippen molar-refractivity contribution in [1.29, 1.82) is 0 Å². The number of rotatable bonds is 5. The van der Waals surface area contributed by atoms with Crippen LogP contribution in [0.3, 0.4) is 0 Å². The van der Waals surface area contributed by atoms with Crippen molar-refractivity contribution in [1.82, 2.24) is 9.97 Å². The van der Waals surface area contributed by atoms with E-state index >= 15 is 0 Å². The first-order valence-electron chi connectivity index (χ1n) is 14.1. The molecule has 0 radical (unpaired) electrons. The molecule has 42 heavy (non-hydrogen) atoms. The number of methoxy groups -OCH3 is 2. The number of hydrogen-bond acceptors (Lipinski definition) is 6. The van der Waals surface area contributed by atoms with Crippen LogP contribution in [0, 0.1) is 0 Å². The van der Waals surface area contributed by atoms with E-state index in [0.29, 0.717) is 10.0 Å². The van der Waals surface area contributed by atoms with Crippen LogP contribution in [-0.4, -0.2) is 36.3 Å². The third-order valence-corrected chi connectivity index (χ3v) is 8.89. The summed E-state index contributed by atoms with van der Waals surface area (Å²) < 4.78 is 11.4. The molecule has 1 aliphatic carbocycles. The second-order valence-electron chi connectivity index (χ2n) is 10.9. The van der Waals surface area contributed by atoms with E-state index in [4.69, 9.17) is 48.4 Å². The molecule has 0 amide bonds. The molecule has 212 valence electrons. The number of hydrogen-bond donors (Lipinski definition) is 1. The van der Waals surface area contributed by atoms with Gasteiger partial charge in [0, 0.05) is 43.7 Å². The normalized spacial score (nSPS) is 17.3. The van der Waals surface area contributed by atoms with Crippen molar-refractivity contribution < 1.29 is 9.47 Å². The van der Waals surface area contributed by atoms with Crippen molar-refractivity contribution in [2.75, 3.05) is 19.1 Å². The van der Waals surface area contributed by atoms with Gasteiger partial charge in [0.2, 0.25) is 0 Å². The van der Waals surface area contributed by atoms with Gasteiger partial charge in [-0.3, -0.25) is 0 Å². The van der Waals surface area contributed by atoms with Gasteiger partial charge < -0.3 is 20.1 Å². The van der Waals surface area contributed by atoms with E-state index in [-0.39, 0.29) is 12.1 Å². The standard InChI is InChI=1S/C34H30Cl2N4O2/c1-41-21-9-13-28-25(17-21)33(23-11-7-19(35)15-30(23)38-28)40(32-6-4-3-5-27(32)37)34-24-12-8-20(36)16-31(24)39-29-14-10-22(42-2)18-26(29)34/h7-18,27,32H,3-6,37H2,1-2H3. The summed E-state index contributed by atoms with van der Waals surface area (Å²) in [6, 6.07) is 23.8. The van der Waals surface area contributed by atoms with Gasteiger partial charge in [-0.15, -0.1) is 0 Å². The SMILES string of the molecule is COc1ccc2nc3cc(Cl)ccc3c(N(c3c4ccc(Cl)cc4nc4ccc(OC)cc34)C3CCCCC3N)c2c1. The molecule has 2 heterocycles. The number of nitrogens with zero attached hydrogens (tertiary/aromatic N) is 3. The molecule has 4 aromatic carbocycles. The van der Waals surface area contributed by atoms with Crippen LogP contribution >= 0.6 is 23.2 Å². The average Bonchev–Trinajstić information content (AvgIpc) is 3.00. The third kappa shape index (κ3) is 4.55. The number of anilines is 2. The largest absolute Gasteiger partial charge is 0.497 e. The van der Waals surface area contributed by atoms with E-state index in [1.54, 1.807) is 14.2 Å². The zero-order valence-electron chi connectivity index (χ0n) is 23.4. The molecule has 0 saturated heterocycles. The summed E-state index contributed by atoms with van der Waals surface area (Å²) in [5.74, 6) is 1.51. The van der Waals surface area contributed by atoms with Crippen molar-refractivity contribution >= 4 is 78.2 Å². The Morgan fingerprint density at radius 2 is 1.14 bits per heavy atom. The molecule has 2 N–H and O–H groups in total. The van der Waals surface area contributed by atoms with E-state index in [0.717, 1.165) is 92.2 Å². The maximum atomic E-state index is 7.03. The lowest BCUT2D eigenvalue weighted by Crippen LogP contribution is -2.48. The summed E-state index contributed by atoms with van der Waals surface area (Å²) in [6.07, 6.45) is 4.06. The minimum Gasteiger partial charge on any atom is -0.497 e. The van der Waals surface area contributed by atoms with Crippen LogP contribution in [-0.2, 0) is 0 Å². The van der Waals surface area contributed by atoms with Gasteiger partial charge in [0.1, 0.15) is 11.5 Å². The van der Waals surface area contributed by atoms with Crippen molar-refractivity contribution in [2.24, 2.45) is 5.73 Å². The van der Waals surface area contributed by atoms with Gasteiger partial charge in [0.15, 0.2) is 0 Å². The minimum absolute atomic E-state index is 0.00473. The zero-order valence-corrected chi connectivity index (χ0v) is 24.9. The Morgan fingerprint density at radius 3 is 1.62 bits per heavy atom. The minimum atomic E-state index is -0.0499. The first-order valence-corrected chi connectivity index (χ1v) is 14.9. The van der Waals surface area contributed by atoms with Crippen LogP contribution < -0.4 is 20.1 Å². The third-order valence-electron chi connectivity index (χ3n) is 8.42. The summed E-state index contributed by atoms with van der Waals surface area (Å²) in [4.78, 5) is 12.5. The maximum absolute atomic E-state index is 7.03. The summed E-state index contributed by atoms with van der Waals surface area (Å²) >= 11 is 13.0. The monoisotopic (exact) mass is 596 g/mol. The lowest BCUT2D eigenvalue weighted by atomic mass is 9.87. The molecule has 8 heteroatoms. The molecule has 1 aliphatic rings. The van der Waals surface area contributed by atoms with Gasteiger partial charge in [0.25, 0.3) is 0 Å². The molecular formula is C34H30Cl2N4O2. The van der Waals surface area contributed by atoms with Crippen LogP contribution in [0.25, 0.3) is 43.6 Å². The molecule has 7 rings (SSSR count). The van der Waals surface area contributed by atoms with Crippen LogP contribution in [0.2, 0.25) is 10.0 Å². The lowest BCUT2D eigenvalue weighted by Gasteiger charge is -2.42. The highest BCUT2D eigenvalue weighted by atomic mass is 35.5. The van der Waals surface area contributed by atoms with Gasteiger partial charge in [-0.1, -0.05) is 36.0 Å². The fraction of sp³-hybridized carbons (Fsp3) is 0.235. The van der Waals surface area contributed by atoms with Crippen molar-refractivity contribution in [3.8, 4) is 11.5 Å². The van der Waals surface area contributed by atoms with Crippen LogP contribution in [0.15, 0.2) is 72.8 Å². The summed E-state index contributed by atoms with van der Waals surface area (Å²) in [5.41, 5.74) is 12.4. The molecule has 0 spiro atoms. The first kappa shape index (κ1) is 27.0. The number of benzene rings is 4. The van der Waals surface area contributed by atoms with E-state index in [1.807, 2.05) is 48.5 Å². The van der Waals surface area contributed by atoms with Gasteiger partial charge in [-0.05, 0) is 85.6 Å². The Hall–Kier alpha value is -3.84. The second kappa shape index (κ2) is 10.8. The predicted octanol–water partition coefficient (Wildman–Crippen LogP) is 8.82. The lowest BCUT2D eigenvalue weighted by molar-refractivity contribution is 0.382.